The second-order valence-corrected chi connectivity index (χ2v) is 6.89. The maximum atomic E-state index is 14.6. The molecule has 140 valence electrons. The van der Waals surface area contributed by atoms with Crippen LogP contribution >= 0.6 is 0 Å². The summed E-state index contributed by atoms with van der Waals surface area (Å²) in [7, 11) is -0.0324. The van der Waals surface area contributed by atoms with Crippen molar-refractivity contribution < 1.29 is 27.7 Å². The van der Waals surface area contributed by atoms with E-state index < -0.39 is 30.7 Å². The molecule has 2 aliphatic heterocycles. The van der Waals surface area contributed by atoms with Crippen molar-refractivity contribution in [3.8, 4) is 0 Å². The van der Waals surface area contributed by atoms with Crippen molar-refractivity contribution in [2.45, 2.75) is 32.4 Å². The molecule has 1 aromatic rings. The molecule has 9 heteroatoms. The van der Waals surface area contributed by atoms with Gasteiger partial charge in [-0.3, -0.25) is 19.4 Å². The summed E-state index contributed by atoms with van der Waals surface area (Å²) in [5.41, 5.74) is -0.0739. The van der Waals surface area contributed by atoms with Crippen LogP contribution in [-0.4, -0.2) is 61.6 Å². The number of nitrogens with zero attached hydrogens (tertiary/aromatic N) is 2. The van der Waals surface area contributed by atoms with Gasteiger partial charge in [0, 0.05) is 18.2 Å². The van der Waals surface area contributed by atoms with Gasteiger partial charge >= 0.3 is 19.1 Å². The van der Waals surface area contributed by atoms with E-state index in [-0.39, 0.29) is 24.1 Å². The highest BCUT2D eigenvalue weighted by Gasteiger charge is 2.37. The van der Waals surface area contributed by atoms with Crippen molar-refractivity contribution in [3.63, 3.8) is 0 Å². The summed E-state index contributed by atoms with van der Waals surface area (Å²) in [5, 5.41) is 0. The highest BCUT2D eigenvalue weighted by molar-refractivity contribution is 6.64. The van der Waals surface area contributed by atoms with E-state index in [2.05, 4.69) is 11.8 Å². The first-order valence-corrected chi connectivity index (χ1v) is 8.63. The van der Waals surface area contributed by atoms with Gasteiger partial charge in [0.1, 0.15) is 0 Å². The van der Waals surface area contributed by atoms with Crippen molar-refractivity contribution in [1.29, 1.82) is 0 Å². The fraction of sp³-hybridized carbons (Fsp3) is 0.529. The summed E-state index contributed by atoms with van der Waals surface area (Å²) in [6.45, 7) is 2.93. The molecule has 1 unspecified atom stereocenters. The van der Waals surface area contributed by atoms with Gasteiger partial charge in [-0.1, -0.05) is 12.1 Å². The van der Waals surface area contributed by atoms with E-state index in [4.69, 9.17) is 9.31 Å². The maximum absolute atomic E-state index is 14.6. The van der Waals surface area contributed by atoms with Crippen LogP contribution in [0.3, 0.4) is 0 Å². The molecular formula is C17H21BF2N2O4. The third kappa shape index (κ3) is 4.04. The molecule has 0 spiro atoms. The van der Waals surface area contributed by atoms with E-state index in [1.807, 2.05) is 0 Å². The van der Waals surface area contributed by atoms with Crippen molar-refractivity contribution in [2.75, 3.05) is 26.7 Å². The molecular weight excluding hydrogens is 345 g/mol. The van der Waals surface area contributed by atoms with Crippen LogP contribution in [0.15, 0.2) is 12.1 Å². The summed E-state index contributed by atoms with van der Waals surface area (Å²) in [6.07, 6.45) is 2.07. The minimum atomic E-state index is -1.59. The Labute approximate surface area is 151 Å². The molecule has 3 rings (SSSR count). The molecule has 6 nitrogen and oxygen atoms in total. The number of carbonyl (C=O) groups excluding carboxylic acids is 2. The van der Waals surface area contributed by atoms with E-state index in [0.29, 0.717) is 12.6 Å². The predicted molar refractivity (Wildman–Crippen MR) is 90.5 cm³/mol. The smallest absolute Gasteiger partial charge is 0.494 e. The van der Waals surface area contributed by atoms with Crippen molar-refractivity contribution >= 4 is 24.5 Å². The molecule has 0 aromatic heterocycles. The summed E-state index contributed by atoms with van der Waals surface area (Å²) >= 11 is 0. The Balaban J connectivity index is 1.82. The Kier molecular flexibility index (Phi) is 5.57. The van der Waals surface area contributed by atoms with Crippen LogP contribution in [0.1, 0.15) is 25.3 Å². The monoisotopic (exact) mass is 366 g/mol. The number of benzene rings is 1. The first-order chi connectivity index (χ1) is 12.3. The Morgan fingerprint density at radius 2 is 1.81 bits per heavy atom. The number of hydrogen-bond acceptors (Lipinski definition) is 6. The van der Waals surface area contributed by atoms with Gasteiger partial charge in [0.2, 0.25) is 0 Å². The molecule has 0 amide bonds. The van der Waals surface area contributed by atoms with E-state index in [1.54, 1.807) is 7.05 Å². The zero-order valence-electron chi connectivity index (χ0n) is 14.8. The second-order valence-electron chi connectivity index (χ2n) is 6.89. The van der Waals surface area contributed by atoms with Gasteiger partial charge in [-0.05, 0) is 33.4 Å². The van der Waals surface area contributed by atoms with Gasteiger partial charge in [-0.25, -0.2) is 8.78 Å². The third-order valence-corrected chi connectivity index (χ3v) is 4.79. The minimum absolute atomic E-state index is 0.138. The molecule has 1 atom stereocenters. The minimum Gasteiger partial charge on any atom is -0.494 e. The number of carbonyl (C=O) groups is 2. The number of likely N-dealkylation sites (tertiary alicyclic amines) is 1. The Hall–Kier alpha value is -2.00. The molecule has 0 bridgehead atoms. The normalized spacial score (nSPS) is 22.8. The number of halogens is 2. The molecule has 0 radical (unpaired) electrons. The highest BCUT2D eigenvalue weighted by Crippen LogP contribution is 2.21. The van der Waals surface area contributed by atoms with Gasteiger partial charge in [-0.15, -0.1) is 0 Å². The van der Waals surface area contributed by atoms with Crippen LogP contribution < -0.4 is 5.46 Å². The Morgan fingerprint density at radius 3 is 2.38 bits per heavy atom. The molecule has 26 heavy (non-hydrogen) atoms. The molecule has 1 aromatic carbocycles. The second kappa shape index (κ2) is 7.71. The van der Waals surface area contributed by atoms with E-state index >= 15 is 0 Å². The predicted octanol–water partition coefficient (Wildman–Crippen LogP) is 0.676. The van der Waals surface area contributed by atoms with Crippen LogP contribution in [0.5, 0.6) is 0 Å². The molecule has 2 fully saturated rings. The van der Waals surface area contributed by atoms with Crippen LogP contribution in [0.25, 0.3) is 0 Å². The van der Waals surface area contributed by atoms with Gasteiger partial charge in [0.25, 0.3) is 0 Å². The van der Waals surface area contributed by atoms with E-state index in [1.165, 1.54) is 17.0 Å². The maximum Gasteiger partial charge on any atom is 0.639 e. The molecule has 0 saturated carbocycles. The topological polar surface area (TPSA) is 59.1 Å². The molecule has 0 N–H and O–H groups in total. The summed E-state index contributed by atoms with van der Waals surface area (Å²) in [6, 6.07) is 3.08. The van der Waals surface area contributed by atoms with Crippen LogP contribution in [0, 0.1) is 11.6 Å². The van der Waals surface area contributed by atoms with Crippen LogP contribution in [0.4, 0.5) is 8.78 Å². The lowest BCUT2D eigenvalue weighted by molar-refractivity contribution is -0.145. The van der Waals surface area contributed by atoms with E-state index in [0.717, 1.165) is 19.4 Å². The lowest BCUT2D eigenvalue weighted by Crippen LogP contribution is -2.49. The summed E-state index contributed by atoms with van der Waals surface area (Å²) < 4.78 is 39.1. The number of likely N-dealkylation sites (N-methyl/N-ethyl adjacent to an activating group) is 1. The van der Waals surface area contributed by atoms with Gasteiger partial charge in [-0.2, -0.15) is 0 Å². The molecule has 2 heterocycles. The third-order valence-electron chi connectivity index (χ3n) is 4.79. The van der Waals surface area contributed by atoms with Gasteiger partial charge in [0.15, 0.2) is 11.6 Å². The highest BCUT2D eigenvalue weighted by atomic mass is 19.2. The van der Waals surface area contributed by atoms with Crippen LogP contribution in [0.2, 0.25) is 0 Å². The van der Waals surface area contributed by atoms with Gasteiger partial charge in [0.05, 0.1) is 18.6 Å². The SMILES string of the molecule is CC1CCCN1Cc1ccc(B2OC(=O)CN(C)CC(=O)O2)c(F)c1F. The van der Waals surface area contributed by atoms with Gasteiger partial charge < -0.3 is 9.31 Å². The Bertz CT molecular complexity index is 698. The molecule has 2 saturated heterocycles. The lowest BCUT2D eigenvalue weighted by atomic mass is 9.77. The first-order valence-electron chi connectivity index (χ1n) is 8.63. The molecule has 0 aliphatic carbocycles. The van der Waals surface area contributed by atoms with E-state index in [9.17, 15) is 18.4 Å². The zero-order valence-corrected chi connectivity index (χ0v) is 14.8. The average molecular weight is 366 g/mol. The fourth-order valence-electron chi connectivity index (χ4n) is 3.32. The van der Waals surface area contributed by atoms with Crippen molar-refractivity contribution in [1.82, 2.24) is 9.80 Å². The summed E-state index contributed by atoms with van der Waals surface area (Å²) in [5.74, 6) is -3.53. The fourth-order valence-corrected chi connectivity index (χ4v) is 3.32. The quantitative estimate of drug-likeness (QED) is 0.734. The molecule has 2 aliphatic rings. The Morgan fingerprint density at radius 1 is 1.15 bits per heavy atom. The van der Waals surface area contributed by atoms with Crippen molar-refractivity contribution in [2.24, 2.45) is 0 Å². The number of hydrogen-bond donors (Lipinski definition) is 0. The van der Waals surface area contributed by atoms with Crippen molar-refractivity contribution in [3.05, 3.63) is 29.3 Å². The zero-order chi connectivity index (χ0) is 18.8. The number of rotatable bonds is 3. The lowest BCUT2D eigenvalue weighted by Gasteiger charge is -2.24. The largest absolute Gasteiger partial charge is 0.639 e. The van der Waals surface area contributed by atoms with Crippen LogP contribution in [-0.2, 0) is 25.4 Å². The first kappa shape index (κ1) is 18.8. The average Bonchev–Trinajstić information content (AvgIpc) is 2.95. The standard InChI is InChI=1S/C17H21BF2N2O4/c1-11-4-3-7-22(11)8-12-5-6-13(17(20)16(12)19)18-25-14(23)9-21(2)10-15(24)26-18/h5-6,11H,3-4,7-10H2,1-2H3. The summed E-state index contributed by atoms with van der Waals surface area (Å²) in [4.78, 5) is 27.1.